The van der Waals surface area contributed by atoms with Gasteiger partial charge in [0, 0.05) is 23.8 Å². The number of ether oxygens (including phenoxy) is 1. The number of methoxy groups -OCH3 is 1. The number of hydrogen-bond acceptors (Lipinski definition) is 5. The number of ketones is 1. The van der Waals surface area contributed by atoms with Crippen molar-refractivity contribution in [1.29, 1.82) is 0 Å². The molecule has 1 aromatic heterocycles. The van der Waals surface area contributed by atoms with Gasteiger partial charge in [-0.3, -0.25) is 14.6 Å². The molecule has 86 valence electrons. The predicted molar refractivity (Wildman–Crippen MR) is 61.6 cm³/mol. The van der Waals surface area contributed by atoms with Crippen molar-refractivity contribution in [3.05, 3.63) is 24.0 Å². The topological polar surface area (TPSA) is 56.3 Å². The predicted octanol–water partition coefficient (Wildman–Crippen LogP) is 1.94. The fourth-order valence-corrected chi connectivity index (χ4v) is 1.82. The fraction of sp³-hybridized carbons (Fsp3) is 0.364. The number of pyridine rings is 1. The number of hydrogen-bond donors (Lipinski definition) is 0. The Morgan fingerprint density at radius 3 is 2.69 bits per heavy atom. The van der Waals surface area contributed by atoms with Crippen LogP contribution in [0, 0.1) is 0 Å². The number of thioether (sulfide) groups is 1. The molecule has 1 aromatic rings. The highest BCUT2D eigenvalue weighted by Crippen LogP contribution is 2.17. The van der Waals surface area contributed by atoms with Gasteiger partial charge in [-0.2, -0.15) is 0 Å². The number of nitrogens with zero attached hydrogens (tertiary/aromatic N) is 1. The van der Waals surface area contributed by atoms with Crippen LogP contribution in [0.5, 0.6) is 0 Å². The van der Waals surface area contributed by atoms with Gasteiger partial charge in [0.25, 0.3) is 0 Å². The summed E-state index contributed by atoms with van der Waals surface area (Å²) in [6.45, 7) is 1.48. The summed E-state index contributed by atoms with van der Waals surface area (Å²) >= 11 is 1.51. The zero-order valence-corrected chi connectivity index (χ0v) is 10.0. The molecule has 0 aliphatic heterocycles. The van der Waals surface area contributed by atoms with Crippen LogP contribution < -0.4 is 0 Å². The van der Waals surface area contributed by atoms with Crippen molar-refractivity contribution in [2.75, 3.05) is 12.9 Å². The van der Waals surface area contributed by atoms with Crippen molar-refractivity contribution in [3.8, 4) is 0 Å². The third-order valence-corrected chi connectivity index (χ3v) is 2.88. The second-order valence-corrected chi connectivity index (χ2v) is 4.28. The maximum absolute atomic E-state index is 11.0. The van der Waals surface area contributed by atoms with Gasteiger partial charge in [-0.25, -0.2) is 0 Å². The van der Waals surface area contributed by atoms with E-state index in [4.69, 9.17) is 0 Å². The Morgan fingerprint density at radius 1 is 1.44 bits per heavy atom. The lowest BCUT2D eigenvalue weighted by Crippen LogP contribution is -2.01. The lowest BCUT2D eigenvalue weighted by atomic mass is 10.3. The summed E-state index contributed by atoms with van der Waals surface area (Å²) in [5.74, 6) is 0.375. The highest BCUT2D eigenvalue weighted by Gasteiger charge is 2.03. The van der Waals surface area contributed by atoms with Crippen LogP contribution in [-0.4, -0.2) is 29.6 Å². The second kappa shape index (κ2) is 6.27. The lowest BCUT2D eigenvalue weighted by Gasteiger charge is -2.01. The van der Waals surface area contributed by atoms with Gasteiger partial charge in [0.2, 0.25) is 0 Å². The normalized spacial score (nSPS) is 9.88. The molecule has 0 unspecified atom stereocenters. The van der Waals surface area contributed by atoms with Gasteiger partial charge in [-0.15, -0.1) is 11.8 Å². The average Bonchev–Trinajstić information content (AvgIpc) is 2.29. The minimum atomic E-state index is -0.221. The first-order valence-electron chi connectivity index (χ1n) is 4.80. The standard InChI is InChI=1S/C11H13NO3S/c1-8(13)10-4-3-9(7-12-10)16-6-5-11(14)15-2/h3-4,7H,5-6H2,1-2H3. The minimum absolute atomic E-state index is 0.0499. The van der Waals surface area contributed by atoms with E-state index in [9.17, 15) is 9.59 Å². The molecule has 0 saturated carbocycles. The van der Waals surface area contributed by atoms with Crippen molar-refractivity contribution >= 4 is 23.5 Å². The molecular weight excluding hydrogens is 226 g/mol. The molecule has 5 heteroatoms. The second-order valence-electron chi connectivity index (χ2n) is 3.11. The Morgan fingerprint density at radius 2 is 2.19 bits per heavy atom. The molecule has 0 aliphatic carbocycles. The monoisotopic (exact) mass is 239 g/mol. The summed E-state index contributed by atoms with van der Waals surface area (Å²) in [7, 11) is 1.37. The van der Waals surface area contributed by atoms with E-state index in [0.29, 0.717) is 17.9 Å². The van der Waals surface area contributed by atoms with Crippen LogP contribution in [0.25, 0.3) is 0 Å². The van der Waals surface area contributed by atoms with E-state index in [-0.39, 0.29) is 11.8 Å². The Balaban J connectivity index is 2.43. The van der Waals surface area contributed by atoms with Gasteiger partial charge in [-0.1, -0.05) is 0 Å². The molecule has 0 fully saturated rings. The van der Waals surface area contributed by atoms with Crippen molar-refractivity contribution < 1.29 is 14.3 Å². The molecule has 1 heterocycles. The van der Waals surface area contributed by atoms with E-state index in [1.807, 2.05) is 6.07 Å². The molecule has 0 saturated heterocycles. The zero-order chi connectivity index (χ0) is 12.0. The summed E-state index contributed by atoms with van der Waals surface area (Å²) in [5, 5.41) is 0. The molecule has 0 spiro atoms. The maximum atomic E-state index is 11.0. The Labute approximate surface area is 98.4 Å². The molecule has 1 rings (SSSR count). The van der Waals surface area contributed by atoms with Gasteiger partial charge in [0.15, 0.2) is 5.78 Å². The maximum Gasteiger partial charge on any atom is 0.306 e. The van der Waals surface area contributed by atoms with Gasteiger partial charge in [0.05, 0.1) is 13.5 Å². The van der Waals surface area contributed by atoms with Crippen LogP contribution >= 0.6 is 11.8 Å². The Bertz CT molecular complexity index is 375. The van der Waals surface area contributed by atoms with E-state index in [0.717, 1.165) is 4.90 Å². The van der Waals surface area contributed by atoms with Crippen LogP contribution in [-0.2, 0) is 9.53 Å². The molecular formula is C11H13NO3S. The summed E-state index contributed by atoms with van der Waals surface area (Å²) in [6.07, 6.45) is 2.01. The van der Waals surface area contributed by atoms with Crippen molar-refractivity contribution in [1.82, 2.24) is 4.98 Å². The number of esters is 1. The van der Waals surface area contributed by atoms with E-state index >= 15 is 0 Å². The van der Waals surface area contributed by atoms with Crippen molar-refractivity contribution in [2.45, 2.75) is 18.2 Å². The van der Waals surface area contributed by atoms with Gasteiger partial charge in [-0.05, 0) is 12.1 Å². The van der Waals surface area contributed by atoms with Gasteiger partial charge < -0.3 is 4.74 Å². The first kappa shape index (κ1) is 12.7. The van der Waals surface area contributed by atoms with Crippen LogP contribution in [0.3, 0.4) is 0 Å². The lowest BCUT2D eigenvalue weighted by molar-refractivity contribution is -0.140. The number of rotatable bonds is 5. The molecule has 0 atom stereocenters. The molecule has 16 heavy (non-hydrogen) atoms. The Hall–Kier alpha value is -1.36. The third-order valence-electron chi connectivity index (χ3n) is 1.90. The smallest absolute Gasteiger partial charge is 0.306 e. The van der Waals surface area contributed by atoms with Crippen LogP contribution in [0.15, 0.2) is 23.2 Å². The SMILES string of the molecule is COC(=O)CCSc1ccc(C(C)=O)nc1. The van der Waals surface area contributed by atoms with E-state index < -0.39 is 0 Å². The molecule has 0 aromatic carbocycles. The molecule has 0 amide bonds. The molecule has 0 radical (unpaired) electrons. The molecule has 0 bridgehead atoms. The molecule has 4 nitrogen and oxygen atoms in total. The van der Waals surface area contributed by atoms with Crippen LogP contribution in [0.4, 0.5) is 0 Å². The quantitative estimate of drug-likeness (QED) is 0.446. The van der Waals surface area contributed by atoms with E-state index in [1.165, 1.54) is 25.8 Å². The number of aromatic nitrogens is 1. The zero-order valence-electron chi connectivity index (χ0n) is 9.23. The third kappa shape index (κ3) is 4.02. The highest BCUT2D eigenvalue weighted by atomic mass is 32.2. The largest absolute Gasteiger partial charge is 0.469 e. The Kier molecular flexibility index (Phi) is 4.98. The average molecular weight is 239 g/mol. The van der Waals surface area contributed by atoms with E-state index in [1.54, 1.807) is 12.3 Å². The first-order valence-corrected chi connectivity index (χ1v) is 5.78. The minimum Gasteiger partial charge on any atom is -0.469 e. The van der Waals surface area contributed by atoms with Gasteiger partial charge >= 0.3 is 5.97 Å². The molecule has 0 N–H and O–H groups in total. The van der Waals surface area contributed by atoms with Gasteiger partial charge in [0.1, 0.15) is 5.69 Å². The first-order chi connectivity index (χ1) is 7.63. The van der Waals surface area contributed by atoms with Crippen molar-refractivity contribution in [2.24, 2.45) is 0 Å². The van der Waals surface area contributed by atoms with Crippen molar-refractivity contribution in [3.63, 3.8) is 0 Å². The summed E-state index contributed by atoms with van der Waals surface area (Å²) in [6, 6.07) is 3.51. The fourth-order valence-electron chi connectivity index (χ4n) is 1.03. The summed E-state index contributed by atoms with van der Waals surface area (Å²) in [5.41, 5.74) is 0.456. The number of Topliss-reactive ketones (excluding diaryl/α,β-unsaturated/α-hetero) is 1. The summed E-state index contributed by atoms with van der Waals surface area (Å²) in [4.78, 5) is 26.8. The highest BCUT2D eigenvalue weighted by molar-refractivity contribution is 7.99. The van der Waals surface area contributed by atoms with Crippen LogP contribution in [0.1, 0.15) is 23.8 Å². The summed E-state index contributed by atoms with van der Waals surface area (Å²) < 4.78 is 4.53. The van der Waals surface area contributed by atoms with Crippen LogP contribution in [0.2, 0.25) is 0 Å². The molecule has 0 aliphatic rings. The number of carbonyl (C=O) groups excluding carboxylic acids is 2. The van der Waals surface area contributed by atoms with E-state index in [2.05, 4.69) is 9.72 Å². The number of carbonyl (C=O) groups is 2.